The van der Waals surface area contributed by atoms with Crippen LogP contribution >= 0.6 is 0 Å². The first-order valence-electron chi connectivity index (χ1n) is 6.99. The summed E-state index contributed by atoms with van der Waals surface area (Å²) in [6, 6.07) is 8.21. The summed E-state index contributed by atoms with van der Waals surface area (Å²) in [6.45, 7) is 5.03. The third kappa shape index (κ3) is 4.56. The van der Waals surface area contributed by atoms with Crippen molar-refractivity contribution in [2.75, 3.05) is 39.8 Å². The molecule has 0 atom stereocenters. The van der Waals surface area contributed by atoms with Crippen LogP contribution in [-0.2, 0) is 11.3 Å². The van der Waals surface area contributed by atoms with Gasteiger partial charge in [0.1, 0.15) is 6.61 Å². The van der Waals surface area contributed by atoms with Gasteiger partial charge in [0, 0.05) is 32.7 Å². The van der Waals surface area contributed by atoms with Gasteiger partial charge in [-0.25, -0.2) is 0 Å². The summed E-state index contributed by atoms with van der Waals surface area (Å²) < 4.78 is 0. The van der Waals surface area contributed by atoms with Crippen LogP contribution < -0.4 is 0 Å². The Labute approximate surface area is 120 Å². The molecular formula is C16H22N2O2. The van der Waals surface area contributed by atoms with Gasteiger partial charge in [0.2, 0.25) is 0 Å². The second kappa shape index (κ2) is 7.33. The first-order valence-corrected chi connectivity index (χ1v) is 6.99. The van der Waals surface area contributed by atoms with Gasteiger partial charge < -0.3 is 10.0 Å². The fourth-order valence-corrected chi connectivity index (χ4v) is 2.24. The normalized spacial score (nSPS) is 17.7. The van der Waals surface area contributed by atoms with Crippen molar-refractivity contribution in [1.29, 1.82) is 0 Å². The van der Waals surface area contributed by atoms with E-state index in [4.69, 9.17) is 5.11 Å². The van der Waals surface area contributed by atoms with Gasteiger partial charge in [-0.15, -0.1) is 0 Å². The zero-order valence-corrected chi connectivity index (χ0v) is 12.0. The van der Waals surface area contributed by atoms with Crippen molar-refractivity contribution in [2.45, 2.75) is 6.54 Å². The second-order valence-electron chi connectivity index (χ2n) is 5.28. The molecule has 0 saturated carbocycles. The average molecular weight is 274 g/mol. The molecule has 1 fully saturated rings. The Morgan fingerprint density at radius 2 is 1.85 bits per heavy atom. The van der Waals surface area contributed by atoms with Crippen molar-refractivity contribution in [3.8, 4) is 0 Å². The van der Waals surface area contributed by atoms with E-state index in [9.17, 15) is 4.79 Å². The molecule has 4 nitrogen and oxygen atoms in total. The van der Waals surface area contributed by atoms with Gasteiger partial charge in [-0.3, -0.25) is 9.69 Å². The Morgan fingerprint density at radius 1 is 1.20 bits per heavy atom. The average Bonchev–Trinajstić information content (AvgIpc) is 2.48. The molecule has 0 spiro atoms. The smallest absolute Gasteiger partial charge is 0.181 e. The van der Waals surface area contributed by atoms with E-state index in [-0.39, 0.29) is 5.78 Å². The fraction of sp³-hybridized carbons (Fsp3) is 0.438. The highest BCUT2D eigenvalue weighted by atomic mass is 16.3. The quantitative estimate of drug-likeness (QED) is 0.814. The van der Waals surface area contributed by atoms with Crippen molar-refractivity contribution in [3.63, 3.8) is 0 Å². The minimum atomic E-state index is -0.433. The molecule has 0 bridgehead atoms. The highest BCUT2D eigenvalue weighted by Crippen LogP contribution is 2.10. The number of ketones is 1. The Kier molecular flexibility index (Phi) is 5.47. The van der Waals surface area contributed by atoms with Crippen LogP contribution in [0.2, 0.25) is 0 Å². The summed E-state index contributed by atoms with van der Waals surface area (Å²) in [7, 11) is 2.16. The van der Waals surface area contributed by atoms with Crippen LogP contribution in [0.4, 0.5) is 0 Å². The number of aliphatic hydroxyl groups excluding tert-OH is 1. The van der Waals surface area contributed by atoms with Crippen LogP contribution in [0.3, 0.4) is 0 Å². The molecule has 108 valence electrons. The van der Waals surface area contributed by atoms with Gasteiger partial charge in [-0.05, 0) is 24.3 Å². The zero-order chi connectivity index (χ0) is 14.4. The van der Waals surface area contributed by atoms with E-state index in [0.717, 1.165) is 38.3 Å². The standard InChI is InChI=1S/C16H22N2O2/c1-17-8-10-18(11-9-17)12-15-4-2-14(3-5-15)6-7-16(20)13-19/h2-7,19H,8-13H2,1H3/b7-6+. The summed E-state index contributed by atoms with van der Waals surface area (Å²) in [4.78, 5) is 15.8. The maximum absolute atomic E-state index is 11.0. The third-order valence-electron chi connectivity index (χ3n) is 3.60. The molecule has 1 aromatic carbocycles. The van der Waals surface area contributed by atoms with Gasteiger partial charge in [0.25, 0.3) is 0 Å². The predicted octanol–water partition coefficient (Wildman–Crippen LogP) is 1.01. The molecule has 1 aliphatic rings. The van der Waals surface area contributed by atoms with E-state index >= 15 is 0 Å². The van der Waals surface area contributed by atoms with Gasteiger partial charge in [0.15, 0.2) is 5.78 Å². The Hall–Kier alpha value is -1.49. The first kappa shape index (κ1) is 14.9. The summed E-state index contributed by atoms with van der Waals surface area (Å²) in [6.07, 6.45) is 3.15. The summed E-state index contributed by atoms with van der Waals surface area (Å²) in [5, 5.41) is 8.65. The van der Waals surface area contributed by atoms with E-state index in [2.05, 4.69) is 29.0 Å². The van der Waals surface area contributed by atoms with Crippen LogP contribution in [0.5, 0.6) is 0 Å². The van der Waals surface area contributed by atoms with Crippen molar-refractivity contribution in [2.24, 2.45) is 0 Å². The molecule has 1 aromatic rings. The maximum atomic E-state index is 11.0. The fourth-order valence-electron chi connectivity index (χ4n) is 2.24. The Morgan fingerprint density at radius 3 is 2.45 bits per heavy atom. The molecular weight excluding hydrogens is 252 g/mol. The minimum Gasteiger partial charge on any atom is -0.388 e. The number of benzene rings is 1. The lowest BCUT2D eigenvalue weighted by Gasteiger charge is -2.32. The SMILES string of the molecule is CN1CCN(Cc2ccc(/C=C/C(=O)CO)cc2)CC1. The molecule has 0 radical (unpaired) electrons. The minimum absolute atomic E-state index is 0.272. The molecule has 0 aromatic heterocycles. The lowest BCUT2D eigenvalue weighted by molar-refractivity contribution is -0.117. The maximum Gasteiger partial charge on any atom is 0.181 e. The summed E-state index contributed by atoms with van der Waals surface area (Å²) >= 11 is 0. The van der Waals surface area contributed by atoms with Crippen LogP contribution in [-0.4, -0.2) is 60.5 Å². The molecule has 1 aliphatic heterocycles. The number of hydrogen-bond donors (Lipinski definition) is 1. The Bertz CT molecular complexity index is 460. The van der Waals surface area contributed by atoms with Crippen molar-refractivity contribution < 1.29 is 9.90 Å². The van der Waals surface area contributed by atoms with E-state index in [1.807, 2.05) is 12.1 Å². The molecule has 4 heteroatoms. The van der Waals surface area contributed by atoms with E-state index in [0.29, 0.717) is 0 Å². The van der Waals surface area contributed by atoms with Crippen molar-refractivity contribution >= 4 is 11.9 Å². The van der Waals surface area contributed by atoms with Gasteiger partial charge in [-0.2, -0.15) is 0 Å². The van der Waals surface area contributed by atoms with E-state index in [1.165, 1.54) is 11.6 Å². The molecule has 1 heterocycles. The zero-order valence-electron chi connectivity index (χ0n) is 12.0. The number of carbonyl (C=O) groups excluding carboxylic acids is 1. The number of hydrogen-bond acceptors (Lipinski definition) is 4. The van der Waals surface area contributed by atoms with Gasteiger partial charge in [0.05, 0.1) is 0 Å². The number of aliphatic hydroxyl groups is 1. The Balaban J connectivity index is 1.88. The van der Waals surface area contributed by atoms with Crippen LogP contribution in [0.15, 0.2) is 30.3 Å². The lowest BCUT2D eigenvalue weighted by Crippen LogP contribution is -2.43. The topological polar surface area (TPSA) is 43.8 Å². The van der Waals surface area contributed by atoms with E-state index < -0.39 is 6.61 Å². The van der Waals surface area contributed by atoms with Crippen LogP contribution in [0, 0.1) is 0 Å². The highest BCUT2D eigenvalue weighted by molar-refractivity contribution is 5.94. The number of likely N-dealkylation sites (N-methyl/N-ethyl adjacent to an activating group) is 1. The molecule has 1 saturated heterocycles. The molecule has 0 amide bonds. The number of piperazine rings is 1. The van der Waals surface area contributed by atoms with Gasteiger partial charge in [-0.1, -0.05) is 30.3 Å². The molecule has 1 N–H and O–H groups in total. The number of carbonyl (C=O) groups is 1. The third-order valence-corrected chi connectivity index (χ3v) is 3.60. The highest BCUT2D eigenvalue weighted by Gasteiger charge is 2.13. The van der Waals surface area contributed by atoms with Crippen molar-refractivity contribution in [1.82, 2.24) is 9.80 Å². The number of nitrogens with zero attached hydrogens (tertiary/aromatic N) is 2. The molecule has 0 unspecified atom stereocenters. The molecule has 0 aliphatic carbocycles. The van der Waals surface area contributed by atoms with Crippen LogP contribution in [0.25, 0.3) is 6.08 Å². The lowest BCUT2D eigenvalue weighted by atomic mass is 10.1. The monoisotopic (exact) mass is 274 g/mol. The summed E-state index contributed by atoms with van der Waals surface area (Å²) in [5.74, 6) is -0.272. The predicted molar refractivity (Wildman–Crippen MR) is 80.3 cm³/mol. The largest absolute Gasteiger partial charge is 0.388 e. The summed E-state index contributed by atoms with van der Waals surface area (Å²) in [5.41, 5.74) is 2.27. The second-order valence-corrected chi connectivity index (χ2v) is 5.28. The van der Waals surface area contributed by atoms with Crippen LogP contribution in [0.1, 0.15) is 11.1 Å². The van der Waals surface area contributed by atoms with Gasteiger partial charge >= 0.3 is 0 Å². The van der Waals surface area contributed by atoms with E-state index in [1.54, 1.807) is 6.08 Å². The molecule has 20 heavy (non-hydrogen) atoms. The molecule has 2 rings (SSSR count). The number of rotatable bonds is 5. The first-order chi connectivity index (χ1) is 9.67. The van der Waals surface area contributed by atoms with Crippen molar-refractivity contribution in [3.05, 3.63) is 41.5 Å².